The average molecular weight is 853 g/mol. The number of benzene rings is 4. The van der Waals surface area contributed by atoms with Gasteiger partial charge in [0.1, 0.15) is 11.5 Å². The molecule has 0 aromatic heterocycles. The van der Waals surface area contributed by atoms with Gasteiger partial charge in [0.05, 0.1) is 12.1 Å². The Labute approximate surface area is 341 Å². The van der Waals surface area contributed by atoms with Crippen molar-refractivity contribution in [3.05, 3.63) is 129 Å². The smallest absolute Gasteiger partial charge is 0.128 e. The van der Waals surface area contributed by atoms with Gasteiger partial charge in [0.15, 0.2) is 0 Å². The molecule has 1 aliphatic carbocycles. The fourth-order valence-corrected chi connectivity index (χ4v) is 7.14. The molecule has 1 saturated carbocycles. The maximum absolute atomic E-state index is 11.8. The van der Waals surface area contributed by atoms with Crippen molar-refractivity contribution in [2.75, 3.05) is 0 Å². The maximum Gasteiger partial charge on any atom is 0.128 e. The van der Waals surface area contributed by atoms with Crippen LogP contribution in [-0.2, 0) is 38.7 Å². The van der Waals surface area contributed by atoms with Crippen molar-refractivity contribution in [2.24, 2.45) is 9.98 Å². The van der Waals surface area contributed by atoms with Crippen molar-refractivity contribution in [1.29, 1.82) is 0 Å². The first-order chi connectivity index (χ1) is 23.4. The molecule has 2 atom stereocenters. The summed E-state index contributed by atoms with van der Waals surface area (Å²) in [5, 5.41) is 23.5. The van der Waals surface area contributed by atoms with Gasteiger partial charge in [-0.1, -0.05) is 155 Å². The number of halogens is 1. The van der Waals surface area contributed by atoms with Crippen LogP contribution in [0.4, 0.5) is 0 Å². The van der Waals surface area contributed by atoms with Gasteiger partial charge in [-0.15, -0.1) is 0 Å². The van der Waals surface area contributed by atoms with E-state index in [4.69, 9.17) is 9.98 Å². The monoisotopic (exact) mass is 852 g/mol. The molecule has 279 valence electrons. The van der Waals surface area contributed by atoms with E-state index in [1.54, 1.807) is 0 Å². The van der Waals surface area contributed by atoms with Crippen molar-refractivity contribution in [3.63, 3.8) is 0 Å². The molecule has 4 nitrogen and oxygen atoms in total. The number of aliphatic imine (C=N–C) groups is 2. The van der Waals surface area contributed by atoms with Crippen LogP contribution in [-0.4, -0.2) is 34.7 Å². The average Bonchev–Trinajstić information content (AvgIpc) is 3.07. The number of nitrogens with zero attached hydrogens (tertiary/aromatic N) is 2. The molecule has 4 aromatic rings. The van der Waals surface area contributed by atoms with Gasteiger partial charge in [0, 0.05) is 62.6 Å². The van der Waals surface area contributed by atoms with Crippen LogP contribution in [0.2, 0.25) is 0 Å². The Balaban J connectivity index is 0.00000364. The molecular weight excluding hydrogens is 794 g/mol. The number of hydrogen-bond acceptors (Lipinski definition) is 4. The van der Waals surface area contributed by atoms with Crippen LogP contribution in [0.5, 0.6) is 11.5 Å². The minimum absolute atomic E-state index is 0. The first-order valence-corrected chi connectivity index (χ1v) is 18.3. The third-order valence-corrected chi connectivity index (χ3v) is 10.9. The molecule has 0 bridgehead atoms. The zero-order valence-electron chi connectivity index (χ0n) is 32.8. The molecule has 0 spiro atoms. The molecule has 52 heavy (non-hydrogen) atoms. The topological polar surface area (TPSA) is 65.2 Å². The third kappa shape index (κ3) is 9.59. The molecule has 1 fully saturated rings. The summed E-state index contributed by atoms with van der Waals surface area (Å²) >= 11 is 0. The van der Waals surface area contributed by atoms with Crippen LogP contribution >= 0.6 is 0 Å². The number of rotatable bonds is 8. The van der Waals surface area contributed by atoms with Crippen LogP contribution in [0.1, 0.15) is 139 Å². The molecule has 5 rings (SSSR count). The fraction of sp³-hybridized carbons (Fsp3) is 0.435. The molecule has 0 aliphatic heterocycles. The second-order valence-electron chi connectivity index (χ2n) is 17.4. The van der Waals surface area contributed by atoms with Crippen LogP contribution in [0.25, 0.3) is 0 Å². The Morgan fingerprint density at radius 3 is 1.15 bits per heavy atom. The van der Waals surface area contributed by atoms with Gasteiger partial charge in [-0.25, -0.2) is 0 Å². The van der Waals surface area contributed by atoms with E-state index in [0.29, 0.717) is 0 Å². The van der Waals surface area contributed by atoms with Gasteiger partial charge >= 0.3 is 0 Å². The molecule has 4 aromatic carbocycles. The van der Waals surface area contributed by atoms with Gasteiger partial charge < -0.3 is 34.2 Å². The molecule has 1 radical (unpaired) electrons. The fourth-order valence-electron chi connectivity index (χ4n) is 7.14. The Morgan fingerprint density at radius 1 is 0.519 bits per heavy atom. The number of hydrogen-bond donors (Lipinski definition) is 2. The summed E-state index contributed by atoms with van der Waals surface area (Å²) in [6.07, 6.45) is 7.81. The normalized spacial score (nSPS) is 17.2. The molecule has 2 N–H and O–H groups in total. The number of phenolic OH excluding ortho intramolecular Hbond substituents is 2. The summed E-state index contributed by atoms with van der Waals surface area (Å²) in [6.45, 7) is 22.0. The summed E-state index contributed by atoms with van der Waals surface area (Å²) in [5.74, 6) is 0.563. The molecular formula is C46H58IMnN2O2-. The standard InChI is InChI=1S/C46H58N2O2.HI.Mn/c1-43(2,3)35-25-31(41(49)37(27-35)45(7,8)33-19-13-11-14-20-33)29-47-39-23-17-18-24-40(39)48-30-32-26-36(44(4,5)6)28-38(42(32)50)46(9,10)34-21-15-12-16-22-34;;/h11-16,19-22,25-30,39-40,49-50H,17-18,23-24H2,1-10H3;1H;/p-1/t39-,40-;;/m1../s1. The van der Waals surface area contributed by atoms with Gasteiger partial charge in [0.2, 0.25) is 0 Å². The van der Waals surface area contributed by atoms with E-state index < -0.39 is 10.8 Å². The zero-order valence-corrected chi connectivity index (χ0v) is 36.1. The van der Waals surface area contributed by atoms with Crippen LogP contribution in [0.15, 0.2) is 94.9 Å². The van der Waals surface area contributed by atoms with Crippen molar-refractivity contribution < 1.29 is 51.3 Å². The van der Waals surface area contributed by atoms with Crippen molar-refractivity contribution in [2.45, 2.75) is 129 Å². The predicted molar refractivity (Wildman–Crippen MR) is 212 cm³/mol. The molecule has 0 unspecified atom stereocenters. The van der Waals surface area contributed by atoms with Crippen LogP contribution in [0, 0.1) is 0 Å². The first kappa shape index (κ1) is 43.5. The number of phenols is 2. The van der Waals surface area contributed by atoms with Gasteiger partial charge in [-0.3, -0.25) is 9.98 Å². The summed E-state index contributed by atoms with van der Waals surface area (Å²) < 4.78 is 0. The van der Waals surface area contributed by atoms with Gasteiger partial charge in [-0.2, -0.15) is 0 Å². The zero-order chi connectivity index (χ0) is 36.5. The SMILES string of the molecule is CC(C)(C)c1cc(C=N[C@@H]2CCCC[C@H]2N=Cc2cc(C(C)(C)C)cc(C(C)(C)c3ccccc3)c2O)c(O)c(C(C)(C)c2ccccc2)c1.[I-].[Mn]. The molecule has 1 aliphatic rings. The Morgan fingerprint density at radius 2 is 0.846 bits per heavy atom. The Hall–Kier alpha value is -2.93. The third-order valence-electron chi connectivity index (χ3n) is 10.9. The van der Waals surface area contributed by atoms with Crippen molar-refractivity contribution in [3.8, 4) is 11.5 Å². The predicted octanol–water partition coefficient (Wildman–Crippen LogP) is 8.20. The van der Waals surface area contributed by atoms with E-state index in [9.17, 15) is 10.2 Å². The molecule has 0 amide bonds. The van der Waals surface area contributed by atoms with Gasteiger partial charge in [0.25, 0.3) is 0 Å². The minimum atomic E-state index is -0.398. The molecule has 6 heteroatoms. The summed E-state index contributed by atoms with van der Waals surface area (Å²) in [6, 6.07) is 29.3. The van der Waals surface area contributed by atoms with Crippen molar-refractivity contribution >= 4 is 12.4 Å². The van der Waals surface area contributed by atoms with Crippen LogP contribution in [0.3, 0.4) is 0 Å². The van der Waals surface area contributed by atoms with E-state index in [1.807, 2.05) is 24.6 Å². The van der Waals surface area contributed by atoms with Crippen molar-refractivity contribution in [1.82, 2.24) is 0 Å². The largest absolute Gasteiger partial charge is 1.00 e. The van der Waals surface area contributed by atoms with E-state index in [2.05, 4.69) is 142 Å². The van der Waals surface area contributed by atoms with Gasteiger partial charge in [-0.05, 0) is 58.1 Å². The van der Waals surface area contributed by atoms with E-state index in [0.717, 1.165) is 70.2 Å². The van der Waals surface area contributed by atoms with Crippen LogP contribution < -0.4 is 24.0 Å². The number of aromatic hydroxyl groups is 2. The second kappa shape index (κ2) is 17.0. The second-order valence-corrected chi connectivity index (χ2v) is 17.4. The quantitative estimate of drug-likeness (QED) is 0.107. The maximum atomic E-state index is 11.8. The Bertz CT molecular complexity index is 1710. The molecule has 0 heterocycles. The Kier molecular flexibility index (Phi) is 14.2. The van der Waals surface area contributed by atoms with E-state index in [1.165, 1.54) is 0 Å². The summed E-state index contributed by atoms with van der Waals surface area (Å²) in [5.41, 5.74) is 6.92. The summed E-state index contributed by atoms with van der Waals surface area (Å²) in [4.78, 5) is 10.3. The summed E-state index contributed by atoms with van der Waals surface area (Å²) in [7, 11) is 0. The minimum Gasteiger partial charge on any atom is -1.00 e. The van der Waals surface area contributed by atoms with E-state index in [-0.39, 0.29) is 75.5 Å². The molecule has 0 saturated heterocycles. The first-order valence-electron chi connectivity index (χ1n) is 18.3. The van der Waals surface area contributed by atoms with E-state index >= 15 is 0 Å².